The summed E-state index contributed by atoms with van der Waals surface area (Å²) in [6.07, 6.45) is 4.38. The van der Waals surface area contributed by atoms with Crippen LogP contribution in [0.2, 0.25) is 0 Å². The lowest BCUT2D eigenvalue weighted by Crippen LogP contribution is -2.29. The van der Waals surface area contributed by atoms with E-state index in [0.29, 0.717) is 24.5 Å². The van der Waals surface area contributed by atoms with E-state index < -0.39 is 0 Å². The largest absolute Gasteiger partial charge is 0.481 e. The first-order valence-corrected chi connectivity index (χ1v) is 7.83. The van der Waals surface area contributed by atoms with Gasteiger partial charge in [-0.05, 0) is 24.6 Å². The molecular weight excluding hydrogens is 308 g/mol. The van der Waals surface area contributed by atoms with E-state index in [2.05, 4.69) is 15.4 Å². The van der Waals surface area contributed by atoms with E-state index in [1.54, 1.807) is 18.0 Å². The fourth-order valence-electron chi connectivity index (χ4n) is 3.29. The van der Waals surface area contributed by atoms with Crippen LogP contribution >= 0.6 is 0 Å². The van der Waals surface area contributed by atoms with Crippen molar-refractivity contribution in [3.8, 4) is 5.88 Å². The van der Waals surface area contributed by atoms with Gasteiger partial charge in [0.1, 0.15) is 0 Å². The van der Waals surface area contributed by atoms with Crippen molar-refractivity contribution in [3.63, 3.8) is 0 Å². The third-order valence-corrected chi connectivity index (χ3v) is 4.49. The molecule has 0 N–H and O–H groups in total. The van der Waals surface area contributed by atoms with Crippen molar-refractivity contribution in [1.29, 1.82) is 0 Å². The molecule has 1 atom stereocenters. The number of ether oxygens (including phenoxy) is 1. The number of fused-ring (bicyclic) bond motifs is 1. The van der Waals surface area contributed by atoms with E-state index in [0.717, 1.165) is 17.3 Å². The number of aromatic nitrogens is 5. The topological polar surface area (TPSA) is 78.1 Å². The van der Waals surface area contributed by atoms with Gasteiger partial charge in [0.25, 0.3) is 5.91 Å². The average molecular weight is 326 g/mol. The Hall–Kier alpha value is -2.90. The number of nitrogens with zero attached hydrogens (tertiary/aromatic N) is 6. The van der Waals surface area contributed by atoms with Crippen molar-refractivity contribution >= 4 is 16.8 Å². The summed E-state index contributed by atoms with van der Waals surface area (Å²) in [6.45, 7) is 1.36. The maximum Gasteiger partial charge on any atom is 0.254 e. The molecule has 0 saturated carbocycles. The molecule has 1 aromatic carbocycles. The molecule has 1 amide bonds. The molecule has 3 heterocycles. The SMILES string of the molecule is COc1c2ccc(C(=O)N3CCC(n4ccnn4)C3)cc2nn1C. The van der Waals surface area contributed by atoms with Crippen molar-refractivity contribution in [2.24, 2.45) is 7.05 Å². The number of carbonyl (C=O) groups excluding carboxylic acids is 1. The summed E-state index contributed by atoms with van der Waals surface area (Å²) in [5.41, 5.74) is 1.40. The molecule has 24 heavy (non-hydrogen) atoms. The second kappa shape index (κ2) is 5.63. The summed E-state index contributed by atoms with van der Waals surface area (Å²) in [4.78, 5) is 14.6. The van der Waals surface area contributed by atoms with E-state index >= 15 is 0 Å². The van der Waals surface area contributed by atoms with Gasteiger partial charge in [-0.1, -0.05) is 5.21 Å². The van der Waals surface area contributed by atoms with Crippen LogP contribution in [0.1, 0.15) is 22.8 Å². The Kier molecular flexibility index (Phi) is 3.44. The number of hydrogen-bond donors (Lipinski definition) is 0. The van der Waals surface area contributed by atoms with E-state index in [1.807, 2.05) is 41.0 Å². The van der Waals surface area contributed by atoms with E-state index in [-0.39, 0.29) is 11.9 Å². The van der Waals surface area contributed by atoms with Crippen LogP contribution in [-0.4, -0.2) is 55.8 Å². The normalized spacial score (nSPS) is 17.6. The van der Waals surface area contributed by atoms with Crippen LogP contribution in [0.15, 0.2) is 30.6 Å². The van der Waals surface area contributed by atoms with Crippen molar-refractivity contribution in [3.05, 3.63) is 36.2 Å². The Balaban J connectivity index is 1.57. The molecule has 8 nitrogen and oxygen atoms in total. The third kappa shape index (κ3) is 2.31. The van der Waals surface area contributed by atoms with Gasteiger partial charge in [0.2, 0.25) is 5.88 Å². The van der Waals surface area contributed by atoms with Gasteiger partial charge in [0, 0.05) is 31.9 Å². The molecule has 8 heteroatoms. The molecule has 0 radical (unpaired) electrons. The van der Waals surface area contributed by atoms with Gasteiger partial charge in [-0.25, -0.2) is 9.36 Å². The smallest absolute Gasteiger partial charge is 0.254 e. The molecule has 2 aromatic heterocycles. The van der Waals surface area contributed by atoms with Gasteiger partial charge in [0.15, 0.2) is 0 Å². The standard InChI is InChI=1S/C16H18N6O2/c1-20-16(24-2)13-4-3-11(9-14(13)18-20)15(23)21-7-5-12(10-21)22-8-6-17-19-22/h3-4,6,8-9,12H,5,7,10H2,1-2H3. The predicted octanol–water partition coefficient (Wildman–Crippen LogP) is 1.26. The number of benzene rings is 1. The molecule has 1 fully saturated rings. The quantitative estimate of drug-likeness (QED) is 0.724. The van der Waals surface area contributed by atoms with Crippen LogP contribution < -0.4 is 4.74 Å². The van der Waals surface area contributed by atoms with Gasteiger partial charge >= 0.3 is 0 Å². The zero-order chi connectivity index (χ0) is 16.7. The molecule has 0 aliphatic carbocycles. The summed E-state index contributed by atoms with van der Waals surface area (Å²) in [5, 5.41) is 13.2. The molecule has 1 aliphatic rings. The Labute approximate surface area is 138 Å². The van der Waals surface area contributed by atoms with Crippen molar-refractivity contribution in [2.45, 2.75) is 12.5 Å². The lowest BCUT2D eigenvalue weighted by Gasteiger charge is -2.16. The maximum absolute atomic E-state index is 12.8. The Morgan fingerprint density at radius 3 is 3.00 bits per heavy atom. The van der Waals surface area contributed by atoms with Gasteiger partial charge in [-0.15, -0.1) is 5.10 Å². The summed E-state index contributed by atoms with van der Waals surface area (Å²) in [7, 11) is 3.44. The number of rotatable bonds is 3. The van der Waals surface area contributed by atoms with E-state index in [9.17, 15) is 4.79 Å². The molecule has 1 aliphatic heterocycles. The van der Waals surface area contributed by atoms with Gasteiger partial charge in [-0.3, -0.25) is 4.79 Å². The Morgan fingerprint density at radius 1 is 1.38 bits per heavy atom. The number of methoxy groups -OCH3 is 1. The highest BCUT2D eigenvalue weighted by Crippen LogP contribution is 2.27. The van der Waals surface area contributed by atoms with Gasteiger partial charge in [-0.2, -0.15) is 5.10 Å². The molecule has 1 unspecified atom stereocenters. The molecule has 1 saturated heterocycles. The van der Waals surface area contributed by atoms with Crippen LogP contribution in [0.3, 0.4) is 0 Å². The Morgan fingerprint density at radius 2 is 2.25 bits per heavy atom. The van der Waals surface area contributed by atoms with Crippen molar-refractivity contribution in [1.82, 2.24) is 29.7 Å². The minimum absolute atomic E-state index is 0.0177. The summed E-state index contributed by atoms with van der Waals surface area (Å²) >= 11 is 0. The molecule has 4 rings (SSSR count). The number of amides is 1. The van der Waals surface area contributed by atoms with E-state index in [1.165, 1.54) is 0 Å². The fraction of sp³-hybridized carbons (Fsp3) is 0.375. The Bertz CT molecular complexity index is 885. The highest BCUT2D eigenvalue weighted by Gasteiger charge is 2.28. The number of hydrogen-bond acceptors (Lipinski definition) is 5. The second-order valence-corrected chi connectivity index (χ2v) is 5.94. The molecule has 0 spiro atoms. The first kappa shape index (κ1) is 14.7. The van der Waals surface area contributed by atoms with Crippen LogP contribution in [0.4, 0.5) is 0 Å². The molecule has 124 valence electrons. The predicted molar refractivity (Wildman–Crippen MR) is 86.8 cm³/mol. The molecule has 3 aromatic rings. The van der Waals surface area contributed by atoms with Crippen LogP contribution in [-0.2, 0) is 7.05 Å². The number of carbonyl (C=O) groups is 1. The van der Waals surface area contributed by atoms with Crippen LogP contribution in [0.25, 0.3) is 10.9 Å². The second-order valence-electron chi connectivity index (χ2n) is 5.94. The average Bonchev–Trinajstić information content (AvgIpc) is 3.31. The first-order chi connectivity index (χ1) is 11.7. The minimum atomic E-state index is 0.0177. The van der Waals surface area contributed by atoms with Crippen molar-refractivity contribution in [2.75, 3.05) is 20.2 Å². The summed E-state index contributed by atoms with van der Waals surface area (Å²) in [5.74, 6) is 0.709. The van der Waals surface area contributed by atoms with Crippen LogP contribution in [0.5, 0.6) is 5.88 Å². The van der Waals surface area contributed by atoms with E-state index in [4.69, 9.17) is 4.74 Å². The number of likely N-dealkylation sites (tertiary alicyclic amines) is 1. The summed E-state index contributed by atoms with van der Waals surface area (Å²) < 4.78 is 8.84. The lowest BCUT2D eigenvalue weighted by atomic mass is 10.1. The zero-order valence-electron chi connectivity index (χ0n) is 13.6. The van der Waals surface area contributed by atoms with Crippen molar-refractivity contribution < 1.29 is 9.53 Å². The molecular formula is C16H18N6O2. The van der Waals surface area contributed by atoms with Gasteiger partial charge in [0.05, 0.1) is 30.3 Å². The monoisotopic (exact) mass is 326 g/mol. The zero-order valence-corrected chi connectivity index (χ0v) is 13.6. The fourth-order valence-corrected chi connectivity index (χ4v) is 3.29. The number of aryl methyl sites for hydroxylation is 1. The lowest BCUT2D eigenvalue weighted by molar-refractivity contribution is 0.0787. The first-order valence-electron chi connectivity index (χ1n) is 7.83. The molecule has 0 bridgehead atoms. The minimum Gasteiger partial charge on any atom is -0.481 e. The highest BCUT2D eigenvalue weighted by molar-refractivity contribution is 5.98. The highest BCUT2D eigenvalue weighted by atomic mass is 16.5. The maximum atomic E-state index is 12.8. The van der Waals surface area contributed by atoms with Gasteiger partial charge < -0.3 is 9.64 Å². The van der Waals surface area contributed by atoms with Crippen LogP contribution in [0, 0.1) is 0 Å². The summed E-state index contributed by atoms with van der Waals surface area (Å²) in [6, 6.07) is 5.73. The third-order valence-electron chi connectivity index (χ3n) is 4.49.